The summed E-state index contributed by atoms with van der Waals surface area (Å²) >= 11 is 0. The number of nitrogens with zero attached hydrogens (tertiary/aromatic N) is 2. The molecule has 1 fully saturated rings. The minimum absolute atomic E-state index is 0.109. The van der Waals surface area contributed by atoms with Gasteiger partial charge >= 0.3 is 0 Å². The van der Waals surface area contributed by atoms with Crippen LogP contribution in [-0.2, 0) is 0 Å². The van der Waals surface area contributed by atoms with Gasteiger partial charge in [-0.25, -0.2) is 4.98 Å². The Kier molecular flexibility index (Phi) is 3.38. The van der Waals surface area contributed by atoms with Crippen LogP contribution < -0.4 is 0 Å². The van der Waals surface area contributed by atoms with E-state index in [1.54, 1.807) is 6.07 Å². The minimum atomic E-state index is 0.109. The van der Waals surface area contributed by atoms with Gasteiger partial charge in [0.15, 0.2) is 0 Å². The highest BCUT2D eigenvalue weighted by Gasteiger charge is 2.28. The molecule has 3 heteroatoms. The van der Waals surface area contributed by atoms with E-state index in [4.69, 9.17) is 0 Å². The van der Waals surface area contributed by atoms with Gasteiger partial charge in [0.05, 0.1) is 0 Å². The summed E-state index contributed by atoms with van der Waals surface area (Å²) in [6.07, 6.45) is 4.27. The SMILES string of the molecule is CC(C)(C)N1CCC[C@@H](c2ccc(O)nc2)C1. The Morgan fingerprint density at radius 3 is 2.71 bits per heavy atom. The summed E-state index contributed by atoms with van der Waals surface area (Å²) < 4.78 is 0. The molecule has 1 aliphatic heterocycles. The quantitative estimate of drug-likeness (QED) is 0.811. The summed E-state index contributed by atoms with van der Waals surface area (Å²) in [7, 11) is 0. The Hall–Kier alpha value is -1.09. The molecule has 0 bridgehead atoms. The maximum absolute atomic E-state index is 9.21. The molecule has 3 nitrogen and oxygen atoms in total. The smallest absolute Gasteiger partial charge is 0.210 e. The number of likely N-dealkylation sites (tertiary alicyclic amines) is 1. The highest BCUT2D eigenvalue weighted by atomic mass is 16.3. The van der Waals surface area contributed by atoms with Gasteiger partial charge in [0.25, 0.3) is 0 Å². The van der Waals surface area contributed by atoms with Gasteiger partial charge in [-0.05, 0) is 51.6 Å². The van der Waals surface area contributed by atoms with Gasteiger partial charge in [0.2, 0.25) is 5.88 Å². The fourth-order valence-corrected chi connectivity index (χ4v) is 2.50. The first-order valence-corrected chi connectivity index (χ1v) is 6.37. The van der Waals surface area contributed by atoms with Gasteiger partial charge in [-0.3, -0.25) is 4.90 Å². The number of piperidine rings is 1. The second-order valence-electron chi connectivity index (χ2n) is 5.91. The summed E-state index contributed by atoms with van der Waals surface area (Å²) in [4.78, 5) is 6.51. The Balaban J connectivity index is 2.09. The van der Waals surface area contributed by atoms with Crippen molar-refractivity contribution in [1.29, 1.82) is 0 Å². The fraction of sp³-hybridized carbons (Fsp3) is 0.643. The van der Waals surface area contributed by atoms with E-state index in [0.717, 1.165) is 6.54 Å². The molecule has 0 radical (unpaired) electrons. The highest BCUT2D eigenvalue weighted by Crippen LogP contribution is 2.30. The van der Waals surface area contributed by atoms with E-state index < -0.39 is 0 Å². The average Bonchev–Trinajstić information content (AvgIpc) is 2.29. The number of hydrogen-bond donors (Lipinski definition) is 1. The van der Waals surface area contributed by atoms with E-state index in [2.05, 4.69) is 30.7 Å². The number of pyridine rings is 1. The lowest BCUT2D eigenvalue weighted by molar-refractivity contribution is 0.0985. The summed E-state index contributed by atoms with van der Waals surface area (Å²) in [5, 5.41) is 9.21. The van der Waals surface area contributed by atoms with Gasteiger partial charge in [0, 0.05) is 24.3 Å². The first kappa shape index (κ1) is 12.4. The first-order chi connectivity index (χ1) is 7.97. The van der Waals surface area contributed by atoms with Crippen LogP contribution in [0.3, 0.4) is 0 Å². The van der Waals surface area contributed by atoms with Crippen molar-refractivity contribution in [1.82, 2.24) is 9.88 Å². The van der Waals surface area contributed by atoms with Crippen molar-refractivity contribution in [2.75, 3.05) is 13.1 Å². The molecule has 2 rings (SSSR count). The number of rotatable bonds is 1. The van der Waals surface area contributed by atoms with Crippen molar-refractivity contribution in [3.8, 4) is 5.88 Å². The molecule has 0 amide bonds. The zero-order valence-electron chi connectivity index (χ0n) is 11.0. The average molecular weight is 234 g/mol. The minimum Gasteiger partial charge on any atom is -0.493 e. The topological polar surface area (TPSA) is 36.4 Å². The zero-order chi connectivity index (χ0) is 12.5. The molecule has 1 aliphatic rings. The second-order valence-corrected chi connectivity index (χ2v) is 5.91. The van der Waals surface area contributed by atoms with E-state index in [9.17, 15) is 5.11 Å². The molecule has 0 spiro atoms. The molecule has 2 heterocycles. The summed E-state index contributed by atoms with van der Waals surface area (Å²) in [5.41, 5.74) is 1.49. The van der Waals surface area contributed by atoms with Gasteiger partial charge < -0.3 is 5.11 Å². The number of aromatic hydroxyl groups is 1. The van der Waals surface area contributed by atoms with Crippen LogP contribution in [0.25, 0.3) is 0 Å². The molecule has 1 atom stereocenters. The zero-order valence-corrected chi connectivity index (χ0v) is 11.0. The lowest BCUT2D eigenvalue weighted by Crippen LogP contribution is -2.46. The molecule has 0 aliphatic carbocycles. The first-order valence-electron chi connectivity index (χ1n) is 6.37. The van der Waals surface area contributed by atoms with Crippen LogP contribution in [0.5, 0.6) is 5.88 Å². The fourth-order valence-electron chi connectivity index (χ4n) is 2.50. The van der Waals surface area contributed by atoms with Crippen LogP contribution in [0.1, 0.15) is 45.1 Å². The normalized spacial score (nSPS) is 22.6. The van der Waals surface area contributed by atoms with Crippen molar-refractivity contribution in [2.24, 2.45) is 0 Å². The summed E-state index contributed by atoms with van der Waals surface area (Å²) in [6.45, 7) is 9.08. The lowest BCUT2D eigenvalue weighted by atomic mass is 9.89. The summed E-state index contributed by atoms with van der Waals surface area (Å²) in [6, 6.07) is 3.69. The predicted octanol–water partition coefficient (Wildman–Crippen LogP) is 2.77. The van der Waals surface area contributed by atoms with Crippen molar-refractivity contribution >= 4 is 0 Å². The van der Waals surface area contributed by atoms with Crippen LogP contribution in [0, 0.1) is 0 Å². The molecule has 1 saturated heterocycles. The van der Waals surface area contributed by atoms with E-state index in [1.807, 2.05) is 12.3 Å². The molecular weight excluding hydrogens is 212 g/mol. The Morgan fingerprint density at radius 2 is 2.12 bits per heavy atom. The molecule has 0 unspecified atom stereocenters. The van der Waals surface area contributed by atoms with Gasteiger partial charge in [0.1, 0.15) is 0 Å². The van der Waals surface area contributed by atoms with Crippen molar-refractivity contribution < 1.29 is 5.11 Å². The van der Waals surface area contributed by atoms with E-state index in [1.165, 1.54) is 24.9 Å². The van der Waals surface area contributed by atoms with Crippen molar-refractivity contribution in [2.45, 2.75) is 45.1 Å². The monoisotopic (exact) mass is 234 g/mol. The predicted molar refractivity (Wildman–Crippen MR) is 69.2 cm³/mol. The van der Waals surface area contributed by atoms with E-state index >= 15 is 0 Å². The van der Waals surface area contributed by atoms with Gasteiger partial charge in [-0.1, -0.05) is 6.07 Å². The number of aromatic nitrogens is 1. The largest absolute Gasteiger partial charge is 0.493 e. The van der Waals surface area contributed by atoms with E-state index in [0.29, 0.717) is 5.92 Å². The molecule has 0 saturated carbocycles. The van der Waals surface area contributed by atoms with Crippen LogP contribution >= 0.6 is 0 Å². The maximum atomic E-state index is 9.21. The van der Waals surface area contributed by atoms with Gasteiger partial charge in [-0.2, -0.15) is 0 Å². The molecule has 1 aromatic heterocycles. The Labute approximate surface area is 103 Å². The van der Waals surface area contributed by atoms with Crippen LogP contribution in [0.15, 0.2) is 18.3 Å². The number of hydrogen-bond acceptors (Lipinski definition) is 3. The van der Waals surface area contributed by atoms with Gasteiger partial charge in [-0.15, -0.1) is 0 Å². The molecule has 94 valence electrons. The third-order valence-electron chi connectivity index (χ3n) is 3.61. The maximum Gasteiger partial charge on any atom is 0.210 e. The lowest BCUT2D eigenvalue weighted by Gasteiger charge is -2.41. The summed E-state index contributed by atoms with van der Waals surface area (Å²) in [5.74, 6) is 0.660. The molecule has 17 heavy (non-hydrogen) atoms. The van der Waals surface area contributed by atoms with Crippen molar-refractivity contribution in [3.05, 3.63) is 23.9 Å². The second kappa shape index (κ2) is 4.65. The van der Waals surface area contributed by atoms with E-state index in [-0.39, 0.29) is 11.4 Å². The molecular formula is C14H22N2O. The van der Waals surface area contributed by atoms with Crippen LogP contribution in [0.2, 0.25) is 0 Å². The Morgan fingerprint density at radius 1 is 1.35 bits per heavy atom. The van der Waals surface area contributed by atoms with Crippen molar-refractivity contribution in [3.63, 3.8) is 0 Å². The molecule has 0 aromatic carbocycles. The molecule has 1 N–H and O–H groups in total. The highest BCUT2D eigenvalue weighted by molar-refractivity contribution is 5.21. The Bertz CT molecular complexity index is 367. The van der Waals surface area contributed by atoms with Crippen LogP contribution in [0.4, 0.5) is 0 Å². The molecule has 1 aromatic rings. The third kappa shape index (κ3) is 2.97. The van der Waals surface area contributed by atoms with Crippen LogP contribution in [-0.4, -0.2) is 33.6 Å². The standard InChI is InChI=1S/C14H22N2O/c1-14(2,3)16-8-4-5-12(10-16)11-6-7-13(17)15-9-11/h6-7,9,12H,4-5,8,10H2,1-3H3,(H,15,17)/t12-/m1/s1. The third-order valence-corrected chi connectivity index (χ3v) is 3.61.